The van der Waals surface area contributed by atoms with Crippen LogP contribution in [0.4, 0.5) is 0 Å². The molecular formula is C17H26N2OS. The summed E-state index contributed by atoms with van der Waals surface area (Å²) in [6.45, 7) is 2.15. The Morgan fingerprint density at radius 1 is 1.14 bits per heavy atom. The molecule has 2 bridgehead atoms. The Morgan fingerprint density at radius 2 is 1.95 bits per heavy atom. The second-order valence-corrected chi connectivity index (χ2v) is 9.11. The quantitative estimate of drug-likeness (QED) is 0.844. The minimum atomic E-state index is -0.267. The van der Waals surface area contributed by atoms with Crippen LogP contribution in [0.3, 0.4) is 0 Å². The van der Waals surface area contributed by atoms with Gasteiger partial charge in [-0.1, -0.05) is 37.4 Å². The lowest BCUT2D eigenvalue weighted by atomic mass is 9.80. The van der Waals surface area contributed by atoms with E-state index in [1.54, 1.807) is 11.8 Å². The van der Waals surface area contributed by atoms with Gasteiger partial charge >= 0.3 is 0 Å². The molecule has 0 spiro atoms. The molecule has 1 heterocycles. The summed E-state index contributed by atoms with van der Waals surface area (Å²) in [7, 11) is 0. The first-order valence-corrected chi connectivity index (χ1v) is 9.55. The lowest BCUT2D eigenvalue weighted by molar-refractivity contribution is -0.122. The first-order chi connectivity index (χ1) is 10.1. The van der Waals surface area contributed by atoms with E-state index >= 15 is 0 Å². The zero-order chi connectivity index (χ0) is 14.4. The van der Waals surface area contributed by atoms with E-state index in [0.29, 0.717) is 12.0 Å². The van der Waals surface area contributed by atoms with Crippen LogP contribution >= 0.6 is 11.8 Å². The fourth-order valence-corrected chi connectivity index (χ4v) is 6.27. The number of thioether (sulfide) groups is 1. The van der Waals surface area contributed by atoms with Gasteiger partial charge in [-0.15, -0.1) is 0 Å². The van der Waals surface area contributed by atoms with Gasteiger partial charge in [0, 0.05) is 0 Å². The number of carbonyl (C=O) groups is 1. The molecule has 1 N–H and O–H groups in total. The van der Waals surface area contributed by atoms with E-state index < -0.39 is 0 Å². The second kappa shape index (κ2) is 5.29. The third-order valence-corrected chi connectivity index (χ3v) is 7.69. The summed E-state index contributed by atoms with van der Waals surface area (Å²) in [4.78, 5) is 17.5. The predicted molar refractivity (Wildman–Crippen MR) is 87.4 cm³/mol. The molecule has 1 saturated heterocycles. The van der Waals surface area contributed by atoms with Gasteiger partial charge in [-0.25, -0.2) is 0 Å². The third-order valence-electron chi connectivity index (χ3n) is 6.35. The van der Waals surface area contributed by atoms with Gasteiger partial charge in [-0.05, 0) is 56.8 Å². The summed E-state index contributed by atoms with van der Waals surface area (Å²) in [6.07, 6.45) is 11.7. The fourth-order valence-electron chi connectivity index (χ4n) is 4.99. The molecule has 3 nitrogen and oxygen atoms in total. The molecule has 1 amide bonds. The van der Waals surface area contributed by atoms with Crippen molar-refractivity contribution in [3.63, 3.8) is 0 Å². The van der Waals surface area contributed by atoms with Gasteiger partial charge in [0.15, 0.2) is 5.17 Å². The Morgan fingerprint density at radius 3 is 2.62 bits per heavy atom. The van der Waals surface area contributed by atoms with Crippen LogP contribution in [0.5, 0.6) is 0 Å². The number of aliphatic imine (C=N–C) groups is 1. The van der Waals surface area contributed by atoms with Gasteiger partial charge < -0.3 is 5.32 Å². The van der Waals surface area contributed by atoms with Crippen molar-refractivity contribution in [1.29, 1.82) is 0 Å². The first-order valence-electron chi connectivity index (χ1n) is 8.73. The second-order valence-electron chi connectivity index (χ2n) is 7.67. The zero-order valence-corrected chi connectivity index (χ0v) is 13.8. The predicted octanol–water partition coefficient (Wildman–Crippen LogP) is 3.73. The topological polar surface area (TPSA) is 41.5 Å². The normalized spacial score (nSPS) is 45.5. The highest BCUT2D eigenvalue weighted by Crippen LogP contribution is 2.48. The van der Waals surface area contributed by atoms with Crippen molar-refractivity contribution in [3.8, 4) is 0 Å². The molecule has 0 radical (unpaired) electrons. The number of amidine groups is 1. The monoisotopic (exact) mass is 306 g/mol. The Hall–Kier alpha value is -0.510. The number of fused-ring (bicyclic) bond motifs is 2. The number of carbonyl (C=O) groups excluding carboxylic acids is 1. The maximum atomic E-state index is 12.5. The summed E-state index contributed by atoms with van der Waals surface area (Å²) in [6, 6.07) is 0.486. The Labute approximate surface area is 131 Å². The molecule has 3 saturated carbocycles. The van der Waals surface area contributed by atoms with Crippen molar-refractivity contribution < 1.29 is 4.79 Å². The van der Waals surface area contributed by atoms with Crippen LogP contribution in [0.1, 0.15) is 64.7 Å². The van der Waals surface area contributed by atoms with E-state index in [-0.39, 0.29) is 10.7 Å². The van der Waals surface area contributed by atoms with Gasteiger partial charge in [-0.3, -0.25) is 9.79 Å². The molecule has 4 atom stereocenters. The standard InChI is InChI=1S/C17H26N2OS/c1-17(13-5-3-2-4-6-13)15(20)19-16(21-17)18-14-10-11-7-8-12(14)9-11/h11-14H,2-10H2,1H3,(H,18,19,20)/t11-,12?,14+,17?/m1/s1. The summed E-state index contributed by atoms with van der Waals surface area (Å²) in [5.41, 5.74) is 0. The van der Waals surface area contributed by atoms with Gasteiger partial charge in [0.05, 0.1) is 6.04 Å². The van der Waals surface area contributed by atoms with Gasteiger partial charge in [0.2, 0.25) is 5.91 Å². The molecule has 4 heteroatoms. The van der Waals surface area contributed by atoms with Crippen molar-refractivity contribution >= 4 is 22.8 Å². The van der Waals surface area contributed by atoms with E-state index in [4.69, 9.17) is 4.99 Å². The van der Waals surface area contributed by atoms with Gasteiger partial charge in [0.25, 0.3) is 0 Å². The van der Waals surface area contributed by atoms with Crippen LogP contribution in [0.25, 0.3) is 0 Å². The molecule has 0 aromatic rings. The van der Waals surface area contributed by atoms with Crippen LogP contribution in [0.2, 0.25) is 0 Å². The zero-order valence-electron chi connectivity index (χ0n) is 12.9. The van der Waals surface area contributed by atoms with E-state index in [1.165, 1.54) is 57.8 Å². The molecule has 21 heavy (non-hydrogen) atoms. The van der Waals surface area contributed by atoms with Crippen molar-refractivity contribution in [2.24, 2.45) is 22.7 Å². The maximum Gasteiger partial charge on any atom is 0.242 e. The number of nitrogens with zero attached hydrogens (tertiary/aromatic N) is 1. The van der Waals surface area contributed by atoms with Crippen LogP contribution in [-0.4, -0.2) is 21.9 Å². The summed E-state index contributed by atoms with van der Waals surface area (Å²) < 4.78 is -0.267. The van der Waals surface area contributed by atoms with Crippen LogP contribution in [-0.2, 0) is 4.79 Å². The number of hydrogen-bond donors (Lipinski definition) is 1. The Bertz CT molecular complexity index is 471. The van der Waals surface area contributed by atoms with Crippen molar-refractivity contribution in [3.05, 3.63) is 0 Å². The lowest BCUT2D eigenvalue weighted by Crippen LogP contribution is -2.41. The van der Waals surface area contributed by atoms with Crippen molar-refractivity contribution in [1.82, 2.24) is 5.32 Å². The molecule has 3 aliphatic carbocycles. The number of rotatable bonds is 2. The van der Waals surface area contributed by atoms with E-state index in [0.717, 1.165) is 17.0 Å². The highest BCUT2D eigenvalue weighted by Gasteiger charge is 2.49. The number of hydrogen-bond acceptors (Lipinski definition) is 3. The molecule has 4 fully saturated rings. The summed E-state index contributed by atoms with van der Waals surface area (Å²) in [5.74, 6) is 2.45. The lowest BCUT2D eigenvalue weighted by Gasteiger charge is -2.33. The minimum Gasteiger partial charge on any atom is -0.304 e. The molecule has 4 aliphatic rings. The molecule has 2 unspecified atom stereocenters. The van der Waals surface area contributed by atoms with E-state index in [9.17, 15) is 4.79 Å². The average molecular weight is 306 g/mol. The van der Waals surface area contributed by atoms with Crippen LogP contribution in [0.15, 0.2) is 4.99 Å². The molecule has 116 valence electrons. The largest absolute Gasteiger partial charge is 0.304 e. The average Bonchev–Trinajstić information content (AvgIpc) is 3.16. The maximum absolute atomic E-state index is 12.5. The number of nitrogens with one attached hydrogen (secondary N) is 1. The number of amides is 1. The van der Waals surface area contributed by atoms with Gasteiger partial charge in [-0.2, -0.15) is 0 Å². The molecule has 0 aromatic carbocycles. The van der Waals surface area contributed by atoms with Gasteiger partial charge in [0.1, 0.15) is 4.75 Å². The third kappa shape index (κ3) is 2.43. The summed E-state index contributed by atoms with van der Waals surface area (Å²) >= 11 is 1.73. The van der Waals surface area contributed by atoms with Crippen molar-refractivity contribution in [2.75, 3.05) is 0 Å². The highest BCUT2D eigenvalue weighted by atomic mass is 32.2. The summed E-state index contributed by atoms with van der Waals surface area (Å²) in [5, 5.41) is 4.02. The van der Waals surface area contributed by atoms with E-state index in [1.807, 2.05) is 0 Å². The molecular weight excluding hydrogens is 280 g/mol. The molecule has 0 aromatic heterocycles. The Balaban J connectivity index is 1.48. The Kier molecular flexibility index (Phi) is 3.55. The SMILES string of the molecule is CC1(C2CCCCC2)SC(=N[C@H]2C[C@@H]3CCC2C3)NC1=O. The molecule has 4 rings (SSSR count). The smallest absolute Gasteiger partial charge is 0.242 e. The first kappa shape index (κ1) is 14.1. The minimum absolute atomic E-state index is 0.210. The van der Waals surface area contributed by atoms with Crippen LogP contribution in [0, 0.1) is 17.8 Å². The van der Waals surface area contributed by atoms with Crippen LogP contribution < -0.4 is 5.32 Å². The fraction of sp³-hybridized carbons (Fsp3) is 0.882. The van der Waals surface area contributed by atoms with E-state index in [2.05, 4.69) is 12.2 Å². The van der Waals surface area contributed by atoms with Crippen molar-refractivity contribution in [2.45, 2.75) is 75.5 Å². The highest BCUT2D eigenvalue weighted by molar-refractivity contribution is 8.16. The molecule has 1 aliphatic heterocycles.